The zero-order valence-corrected chi connectivity index (χ0v) is 12.3. The molecule has 0 spiro atoms. The van der Waals surface area contributed by atoms with Gasteiger partial charge in [-0.25, -0.2) is 4.98 Å². The first-order chi connectivity index (χ1) is 9.65. The first-order valence-corrected chi connectivity index (χ1v) is 7.78. The minimum atomic E-state index is -0.710. The summed E-state index contributed by atoms with van der Waals surface area (Å²) in [5.41, 5.74) is 1.00. The van der Waals surface area contributed by atoms with Gasteiger partial charge in [-0.05, 0) is 37.4 Å². The first kappa shape index (κ1) is 13.5. The smallest absolute Gasteiger partial charge is 0.321 e. The summed E-state index contributed by atoms with van der Waals surface area (Å²) in [5.74, 6) is -0.506. The number of nitrogens with zero attached hydrogens (tertiary/aromatic N) is 2. The highest BCUT2D eigenvalue weighted by Gasteiger charge is 2.34. The highest BCUT2D eigenvalue weighted by Crippen LogP contribution is 2.28. The van der Waals surface area contributed by atoms with Crippen LogP contribution >= 0.6 is 11.3 Å². The van der Waals surface area contributed by atoms with E-state index in [-0.39, 0.29) is 12.0 Å². The monoisotopic (exact) mass is 290 g/mol. The van der Waals surface area contributed by atoms with Gasteiger partial charge in [-0.15, -0.1) is 11.3 Å². The Morgan fingerprint density at radius 1 is 1.50 bits per heavy atom. The average Bonchev–Trinajstić information content (AvgIpc) is 2.80. The number of carbonyl (C=O) groups is 1. The number of piperidine rings is 1. The molecule has 1 aliphatic rings. The number of rotatable bonds is 3. The van der Waals surface area contributed by atoms with E-state index in [0.29, 0.717) is 6.54 Å². The minimum absolute atomic E-state index is 0.204. The van der Waals surface area contributed by atoms with Crippen molar-refractivity contribution in [3.63, 3.8) is 0 Å². The largest absolute Gasteiger partial charge is 0.480 e. The lowest BCUT2D eigenvalue weighted by Crippen LogP contribution is -2.48. The molecule has 1 N–H and O–H groups in total. The van der Waals surface area contributed by atoms with E-state index < -0.39 is 5.97 Å². The van der Waals surface area contributed by atoms with Crippen LogP contribution < -0.4 is 0 Å². The molecule has 1 saturated heterocycles. The number of carboxylic acids is 1. The topological polar surface area (TPSA) is 53.4 Å². The lowest BCUT2D eigenvalue weighted by Gasteiger charge is -2.36. The van der Waals surface area contributed by atoms with E-state index in [1.165, 1.54) is 4.70 Å². The van der Waals surface area contributed by atoms with E-state index in [9.17, 15) is 9.90 Å². The zero-order valence-electron chi connectivity index (χ0n) is 11.5. The second-order valence-electron chi connectivity index (χ2n) is 5.45. The van der Waals surface area contributed by atoms with Gasteiger partial charge in [0, 0.05) is 0 Å². The van der Waals surface area contributed by atoms with Crippen LogP contribution in [0.5, 0.6) is 0 Å². The van der Waals surface area contributed by atoms with E-state index in [2.05, 4.69) is 16.0 Å². The zero-order chi connectivity index (χ0) is 14.1. The maximum Gasteiger partial charge on any atom is 0.321 e. The number of fused-ring (bicyclic) bond motifs is 1. The molecule has 20 heavy (non-hydrogen) atoms. The van der Waals surface area contributed by atoms with Crippen molar-refractivity contribution in [2.75, 3.05) is 6.54 Å². The predicted octanol–water partition coefficient (Wildman–Crippen LogP) is 2.98. The molecule has 0 radical (unpaired) electrons. The highest BCUT2D eigenvalue weighted by atomic mass is 32.1. The van der Waals surface area contributed by atoms with E-state index >= 15 is 0 Å². The molecule has 2 unspecified atom stereocenters. The Bertz CT molecular complexity index is 592. The fraction of sp³-hybridized carbons (Fsp3) is 0.467. The lowest BCUT2D eigenvalue weighted by molar-refractivity contribution is -0.147. The Labute approximate surface area is 122 Å². The highest BCUT2D eigenvalue weighted by molar-refractivity contribution is 7.18. The van der Waals surface area contributed by atoms with Gasteiger partial charge in [0.25, 0.3) is 0 Å². The number of hydrogen-bond donors (Lipinski definition) is 1. The molecule has 3 rings (SSSR count). The number of aliphatic carboxylic acids is 1. The minimum Gasteiger partial charge on any atom is -0.480 e. The van der Waals surface area contributed by atoms with Gasteiger partial charge in [0.2, 0.25) is 0 Å². The predicted molar refractivity (Wildman–Crippen MR) is 79.9 cm³/mol. The van der Waals surface area contributed by atoms with Crippen molar-refractivity contribution in [3.05, 3.63) is 29.3 Å². The fourth-order valence-electron chi connectivity index (χ4n) is 3.01. The van der Waals surface area contributed by atoms with E-state index in [0.717, 1.165) is 29.9 Å². The molecule has 1 aliphatic heterocycles. The van der Waals surface area contributed by atoms with Crippen LogP contribution in [0.1, 0.15) is 24.8 Å². The Hall–Kier alpha value is -1.46. The molecule has 1 aromatic heterocycles. The van der Waals surface area contributed by atoms with Crippen molar-refractivity contribution in [1.29, 1.82) is 0 Å². The van der Waals surface area contributed by atoms with Gasteiger partial charge in [-0.1, -0.05) is 19.1 Å². The molecule has 0 saturated carbocycles. The summed E-state index contributed by atoms with van der Waals surface area (Å²) in [6.45, 7) is 3.52. The third-order valence-electron chi connectivity index (χ3n) is 3.97. The molecule has 106 valence electrons. The summed E-state index contributed by atoms with van der Waals surface area (Å²) in [4.78, 5) is 18.2. The van der Waals surface area contributed by atoms with E-state index in [1.807, 2.05) is 25.1 Å². The van der Waals surface area contributed by atoms with Crippen molar-refractivity contribution >= 4 is 27.5 Å². The van der Waals surface area contributed by atoms with E-state index in [4.69, 9.17) is 0 Å². The van der Waals surface area contributed by atoms with Crippen molar-refractivity contribution in [1.82, 2.24) is 9.88 Å². The number of likely N-dealkylation sites (tertiary alicyclic amines) is 1. The van der Waals surface area contributed by atoms with Crippen LogP contribution in [0.15, 0.2) is 24.3 Å². The van der Waals surface area contributed by atoms with Crippen LogP contribution in [-0.4, -0.2) is 33.5 Å². The Kier molecular flexibility index (Phi) is 3.72. The molecule has 1 aromatic carbocycles. The maximum atomic E-state index is 11.5. The number of benzene rings is 1. The van der Waals surface area contributed by atoms with Crippen LogP contribution in [0.2, 0.25) is 0 Å². The second-order valence-corrected chi connectivity index (χ2v) is 6.56. The first-order valence-electron chi connectivity index (χ1n) is 6.96. The summed E-state index contributed by atoms with van der Waals surface area (Å²) in [6, 6.07) is 7.67. The normalized spacial score (nSPS) is 24.1. The SMILES string of the molecule is CC1CCCN(Cc2nc3ccccc3s2)C1C(=O)O. The Balaban J connectivity index is 1.83. The quantitative estimate of drug-likeness (QED) is 0.944. The molecule has 2 atom stereocenters. The van der Waals surface area contributed by atoms with Gasteiger partial charge < -0.3 is 5.11 Å². The maximum absolute atomic E-state index is 11.5. The van der Waals surface area contributed by atoms with Gasteiger partial charge in [-0.2, -0.15) is 0 Å². The number of aromatic nitrogens is 1. The molecular weight excluding hydrogens is 272 g/mol. The van der Waals surface area contributed by atoms with Crippen molar-refractivity contribution < 1.29 is 9.90 Å². The molecule has 2 aromatic rings. The number of carboxylic acid groups (broad SMARTS) is 1. The lowest BCUT2D eigenvalue weighted by atomic mass is 9.91. The molecule has 1 fully saturated rings. The number of para-hydroxylation sites is 1. The summed E-state index contributed by atoms with van der Waals surface area (Å²) in [5, 5.41) is 10.4. The van der Waals surface area contributed by atoms with Gasteiger partial charge in [0.1, 0.15) is 11.0 Å². The van der Waals surface area contributed by atoms with Crippen molar-refractivity contribution in [2.24, 2.45) is 5.92 Å². The summed E-state index contributed by atoms with van der Waals surface area (Å²) in [6.07, 6.45) is 2.06. The van der Waals surface area contributed by atoms with E-state index in [1.54, 1.807) is 11.3 Å². The second kappa shape index (κ2) is 5.50. The molecule has 0 bridgehead atoms. The molecule has 2 heterocycles. The average molecular weight is 290 g/mol. The summed E-state index contributed by atoms with van der Waals surface area (Å²) >= 11 is 1.66. The third kappa shape index (κ3) is 2.55. The standard InChI is InChI=1S/C15H18N2O2S/c1-10-5-4-8-17(14(10)15(18)19)9-13-16-11-6-2-3-7-12(11)20-13/h2-3,6-7,10,14H,4-5,8-9H2,1H3,(H,18,19). The Morgan fingerprint density at radius 3 is 3.05 bits per heavy atom. The van der Waals surface area contributed by atoms with Crippen molar-refractivity contribution in [2.45, 2.75) is 32.4 Å². The van der Waals surface area contributed by atoms with Crippen LogP contribution in [0.4, 0.5) is 0 Å². The molecular formula is C15H18N2O2S. The molecule has 5 heteroatoms. The third-order valence-corrected chi connectivity index (χ3v) is 4.99. The number of hydrogen-bond acceptors (Lipinski definition) is 4. The van der Waals surface area contributed by atoms with Gasteiger partial charge >= 0.3 is 5.97 Å². The Morgan fingerprint density at radius 2 is 2.30 bits per heavy atom. The number of thiazole rings is 1. The molecule has 4 nitrogen and oxygen atoms in total. The summed E-state index contributed by atoms with van der Waals surface area (Å²) in [7, 11) is 0. The molecule has 0 amide bonds. The van der Waals surface area contributed by atoms with Gasteiger partial charge in [-0.3, -0.25) is 9.69 Å². The van der Waals surface area contributed by atoms with Crippen molar-refractivity contribution in [3.8, 4) is 0 Å². The summed E-state index contributed by atoms with van der Waals surface area (Å²) < 4.78 is 1.17. The van der Waals surface area contributed by atoms with Gasteiger partial charge in [0.15, 0.2) is 0 Å². The van der Waals surface area contributed by atoms with Crippen LogP contribution in [0, 0.1) is 5.92 Å². The van der Waals surface area contributed by atoms with Crippen LogP contribution in [0.25, 0.3) is 10.2 Å². The molecule has 0 aliphatic carbocycles. The van der Waals surface area contributed by atoms with Crippen LogP contribution in [-0.2, 0) is 11.3 Å². The van der Waals surface area contributed by atoms with Crippen LogP contribution in [0.3, 0.4) is 0 Å². The van der Waals surface area contributed by atoms with Gasteiger partial charge in [0.05, 0.1) is 16.8 Å². The fourth-order valence-corrected chi connectivity index (χ4v) is 4.00.